The van der Waals surface area contributed by atoms with Crippen molar-refractivity contribution in [3.8, 4) is 0 Å². The van der Waals surface area contributed by atoms with Crippen molar-refractivity contribution in [1.82, 2.24) is 0 Å². The molecule has 0 aromatic rings. The third-order valence-corrected chi connectivity index (χ3v) is 3.69. The first-order valence-electron chi connectivity index (χ1n) is 6.63. The lowest BCUT2D eigenvalue weighted by atomic mass is 9.69. The van der Waals surface area contributed by atoms with Crippen LogP contribution in [0.4, 0.5) is 0 Å². The molecule has 0 amide bonds. The number of hydrogen-bond acceptors (Lipinski definition) is 1. The van der Waals surface area contributed by atoms with Crippen molar-refractivity contribution in [2.75, 3.05) is 0 Å². The second-order valence-corrected chi connectivity index (χ2v) is 7.01. The van der Waals surface area contributed by atoms with Gasteiger partial charge in [0.25, 0.3) is 0 Å². The molecule has 2 unspecified atom stereocenters. The van der Waals surface area contributed by atoms with Crippen molar-refractivity contribution < 1.29 is 0 Å². The standard InChI is InChI=1S/C16H25N/c1-11-8-12-10-16(5,17)7-6-13(12)14(9-11)15(2,3)4/h6,9-11H,7-8,17H2,1-5H3. The fourth-order valence-corrected chi connectivity index (χ4v) is 2.87. The van der Waals surface area contributed by atoms with Crippen LogP contribution in [-0.2, 0) is 0 Å². The van der Waals surface area contributed by atoms with E-state index < -0.39 is 0 Å². The average molecular weight is 231 g/mol. The molecule has 0 aromatic heterocycles. The van der Waals surface area contributed by atoms with Crippen LogP contribution in [0.15, 0.2) is 34.9 Å². The van der Waals surface area contributed by atoms with Gasteiger partial charge in [0.1, 0.15) is 0 Å². The zero-order valence-corrected chi connectivity index (χ0v) is 11.8. The molecular weight excluding hydrogens is 206 g/mol. The van der Waals surface area contributed by atoms with Crippen LogP contribution in [0, 0.1) is 11.3 Å². The van der Waals surface area contributed by atoms with E-state index in [4.69, 9.17) is 5.73 Å². The van der Waals surface area contributed by atoms with Gasteiger partial charge in [-0.3, -0.25) is 0 Å². The van der Waals surface area contributed by atoms with E-state index in [0.717, 1.165) is 12.8 Å². The third kappa shape index (κ3) is 2.55. The van der Waals surface area contributed by atoms with Gasteiger partial charge in [-0.1, -0.05) is 45.9 Å². The Kier molecular flexibility index (Phi) is 2.86. The topological polar surface area (TPSA) is 26.0 Å². The molecule has 94 valence electrons. The SMILES string of the molecule is CC1C=C(C(C)(C)C)C2=CCC(C)(N)C=C2C1. The first kappa shape index (κ1) is 12.6. The summed E-state index contributed by atoms with van der Waals surface area (Å²) in [5.74, 6) is 0.626. The first-order valence-corrected chi connectivity index (χ1v) is 6.63. The van der Waals surface area contributed by atoms with E-state index in [2.05, 4.69) is 52.8 Å². The zero-order chi connectivity index (χ0) is 12.8. The van der Waals surface area contributed by atoms with Gasteiger partial charge in [0.15, 0.2) is 0 Å². The van der Waals surface area contributed by atoms with Gasteiger partial charge < -0.3 is 5.73 Å². The minimum atomic E-state index is -0.154. The van der Waals surface area contributed by atoms with Gasteiger partial charge in [0, 0.05) is 5.54 Å². The van der Waals surface area contributed by atoms with E-state index in [1.807, 2.05) is 0 Å². The molecule has 2 atom stereocenters. The Morgan fingerprint density at radius 3 is 2.59 bits per heavy atom. The van der Waals surface area contributed by atoms with Crippen LogP contribution < -0.4 is 5.73 Å². The summed E-state index contributed by atoms with van der Waals surface area (Å²) in [5, 5.41) is 0. The van der Waals surface area contributed by atoms with Crippen LogP contribution in [0.2, 0.25) is 0 Å². The first-order chi connectivity index (χ1) is 7.69. The molecular formula is C16H25N. The monoisotopic (exact) mass is 231 g/mol. The Hall–Kier alpha value is -0.820. The third-order valence-electron chi connectivity index (χ3n) is 3.69. The lowest BCUT2D eigenvalue weighted by Gasteiger charge is -2.37. The molecule has 0 saturated carbocycles. The Bertz CT molecular complexity index is 413. The molecule has 2 aliphatic rings. The average Bonchev–Trinajstić information content (AvgIpc) is 2.12. The van der Waals surface area contributed by atoms with Crippen LogP contribution in [-0.4, -0.2) is 5.54 Å². The molecule has 0 spiro atoms. The Labute approximate surface area is 105 Å². The van der Waals surface area contributed by atoms with Crippen molar-refractivity contribution >= 4 is 0 Å². The number of hydrogen-bond donors (Lipinski definition) is 1. The highest BCUT2D eigenvalue weighted by Gasteiger charge is 2.31. The van der Waals surface area contributed by atoms with Crippen LogP contribution in [0.1, 0.15) is 47.5 Å². The van der Waals surface area contributed by atoms with Gasteiger partial charge in [0.05, 0.1) is 0 Å². The summed E-state index contributed by atoms with van der Waals surface area (Å²) in [6.07, 6.45) is 9.17. The molecule has 0 aliphatic heterocycles. The summed E-state index contributed by atoms with van der Waals surface area (Å²) in [4.78, 5) is 0. The normalized spacial score (nSPS) is 33.5. The molecule has 0 bridgehead atoms. The lowest BCUT2D eigenvalue weighted by molar-refractivity contribution is 0.485. The van der Waals surface area contributed by atoms with Gasteiger partial charge in [-0.2, -0.15) is 0 Å². The van der Waals surface area contributed by atoms with E-state index in [1.54, 1.807) is 0 Å². The van der Waals surface area contributed by atoms with Gasteiger partial charge in [-0.25, -0.2) is 0 Å². The summed E-state index contributed by atoms with van der Waals surface area (Å²) >= 11 is 0. The molecule has 1 heteroatoms. The second-order valence-electron chi connectivity index (χ2n) is 7.01. The van der Waals surface area contributed by atoms with Crippen molar-refractivity contribution in [3.63, 3.8) is 0 Å². The molecule has 0 heterocycles. The highest BCUT2D eigenvalue weighted by atomic mass is 14.7. The minimum absolute atomic E-state index is 0.154. The highest BCUT2D eigenvalue weighted by molar-refractivity contribution is 5.55. The fourth-order valence-electron chi connectivity index (χ4n) is 2.87. The Balaban J connectivity index is 2.45. The maximum atomic E-state index is 6.24. The molecule has 17 heavy (non-hydrogen) atoms. The van der Waals surface area contributed by atoms with Gasteiger partial charge in [-0.05, 0) is 47.8 Å². The van der Waals surface area contributed by atoms with Crippen molar-refractivity contribution in [2.45, 2.75) is 53.0 Å². The van der Waals surface area contributed by atoms with Crippen LogP contribution in [0.25, 0.3) is 0 Å². The number of allylic oxidation sites excluding steroid dienone is 4. The molecule has 0 fully saturated rings. The largest absolute Gasteiger partial charge is 0.322 e. The number of rotatable bonds is 0. The summed E-state index contributed by atoms with van der Waals surface area (Å²) in [6.45, 7) is 11.3. The maximum absolute atomic E-state index is 6.24. The highest BCUT2D eigenvalue weighted by Crippen LogP contribution is 2.44. The van der Waals surface area contributed by atoms with Crippen LogP contribution >= 0.6 is 0 Å². The predicted molar refractivity (Wildman–Crippen MR) is 74.7 cm³/mol. The molecule has 2 N–H and O–H groups in total. The van der Waals surface area contributed by atoms with Crippen molar-refractivity contribution in [1.29, 1.82) is 0 Å². The summed E-state index contributed by atoms with van der Waals surface area (Å²) in [5.41, 5.74) is 10.7. The minimum Gasteiger partial charge on any atom is -0.322 e. The van der Waals surface area contributed by atoms with Crippen molar-refractivity contribution in [3.05, 3.63) is 34.9 Å². The number of nitrogens with two attached hydrogens (primary N) is 1. The van der Waals surface area contributed by atoms with E-state index in [9.17, 15) is 0 Å². The summed E-state index contributed by atoms with van der Waals surface area (Å²) in [6, 6.07) is 0. The molecule has 0 radical (unpaired) electrons. The van der Waals surface area contributed by atoms with E-state index in [1.165, 1.54) is 16.7 Å². The lowest BCUT2D eigenvalue weighted by Crippen LogP contribution is -2.36. The molecule has 0 saturated heterocycles. The molecule has 2 aliphatic carbocycles. The van der Waals surface area contributed by atoms with Crippen LogP contribution in [0.5, 0.6) is 0 Å². The van der Waals surface area contributed by atoms with Gasteiger partial charge in [-0.15, -0.1) is 0 Å². The smallest absolute Gasteiger partial charge is 0.0351 e. The summed E-state index contributed by atoms with van der Waals surface area (Å²) in [7, 11) is 0. The fraction of sp³-hybridized carbons (Fsp3) is 0.625. The number of fused-ring (bicyclic) bond motifs is 1. The van der Waals surface area contributed by atoms with Crippen LogP contribution in [0.3, 0.4) is 0 Å². The Morgan fingerprint density at radius 1 is 1.35 bits per heavy atom. The second kappa shape index (κ2) is 3.84. The van der Waals surface area contributed by atoms with E-state index in [0.29, 0.717) is 5.92 Å². The molecule has 2 rings (SSSR count). The van der Waals surface area contributed by atoms with Crippen molar-refractivity contribution in [2.24, 2.45) is 17.1 Å². The predicted octanol–water partition coefficient (Wildman–Crippen LogP) is 3.97. The zero-order valence-electron chi connectivity index (χ0n) is 11.8. The molecule has 1 nitrogen and oxygen atoms in total. The molecule has 0 aromatic carbocycles. The van der Waals surface area contributed by atoms with E-state index >= 15 is 0 Å². The Morgan fingerprint density at radius 2 is 2.00 bits per heavy atom. The van der Waals surface area contributed by atoms with Gasteiger partial charge >= 0.3 is 0 Å². The quantitative estimate of drug-likeness (QED) is 0.670. The van der Waals surface area contributed by atoms with Gasteiger partial charge in [0.2, 0.25) is 0 Å². The maximum Gasteiger partial charge on any atom is 0.0351 e. The summed E-state index contributed by atoms with van der Waals surface area (Å²) < 4.78 is 0. The van der Waals surface area contributed by atoms with E-state index in [-0.39, 0.29) is 11.0 Å².